The van der Waals surface area contributed by atoms with E-state index in [1.807, 2.05) is 6.92 Å². The number of nitrogens with zero attached hydrogens (tertiary/aromatic N) is 4. The highest BCUT2D eigenvalue weighted by Gasteiger charge is 2.41. The van der Waals surface area contributed by atoms with Gasteiger partial charge in [-0.15, -0.1) is 5.10 Å². The summed E-state index contributed by atoms with van der Waals surface area (Å²) in [5, 5.41) is 7.73. The number of sulfonamides is 1. The summed E-state index contributed by atoms with van der Waals surface area (Å²) in [4.78, 5) is 13.2. The number of imidazole rings is 1. The fourth-order valence-corrected chi connectivity index (χ4v) is 4.71. The van der Waals surface area contributed by atoms with Crippen molar-refractivity contribution in [2.75, 3.05) is 13.7 Å². The van der Waals surface area contributed by atoms with Gasteiger partial charge in [0.05, 0.1) is 15.9 Å². The topological polar surface area (TPSA) is 121 Å². The number of fused-ring (bicyclic) bond motifs is 1. The minimum Gasteiger partial charge on any atom is -0.408 e. The van der Waals surface area contributed by atoms with Crippen molar-refractivity contribution in [2.45, 2.75) is 50.1 Å². The molecule has 3 aromatic rings. The summed E-state index contributed by atoms with van der Waals surface area (Å²) in [6.07, 6.45) is 2.23. The third-order valence-electron chi connectivity index (χ3n) is 5.03. The lowest BCUT2D eigenvalue weighted by Gasteiger charge is -2.12. The second-order valence-electron chi connectivity index (χ2n) is 7.54. The van der Waals surface area contributed by atoms with Gasteiger partial charge in [0.25, 0.3) is 0 Å². The van der Waals surface area contributed by atoms with Gasteiger partial charge < -0.3 is 9.15 Å². The zero-order valence-electron chi connectivity index (χ0n) is 16.5. The van der Waals surface area contributed by atoms with Gasteiger partial charge in [-0.2, -0.15) is 0 Å². The van der Waals surface area contributed by atoms with Crippen LogP contribution >= 0.6 is 0 Å². The average molecular weight is 421 g/mol. The lowest BCUT2D eigenvalue weighted by Crippen LogP contribution is -2.34. The molecule has 156 valence electrons. The molecular formula is C18H23N5O5S. The molecule has 0 atom stereocenters. The van der Waals surface area contributed by atoms with Crippen LogP contribution < -0.4 is 10.4 Å². The predicted molar refractivity (Wildman–Crippen MR) is 105 cm³/mol. The molecule has 1 N–H and O–H groups in total. The molecule has 0 radical (unpaired) electrons. The molecule has 10 nitrogen and oxygen atoms in total. The molecule has 0 unspecified atom stereocenters. The third kappa shape index (κ3) is 3.72. The predicted octanol–water partition coefficient (Wildman–Crippen LogP) is 1.35. The number of nitrogens with one attached hydrogen (secondary N) is 1. The van der Waals surface area contributed by atoms with Crippen LogP contribution in [0, 0.1) is 6.92 Å². The van der Waals surface area contributed by atoms with E-state index in [4.69, 9.17) is 9.15 Å². The van der Waals surface area contributed by atoms with E-state index in [1.165, 1.54) is 16.7 Å². The van der Waals surface area contributed by atoms with E-state index >= 15 is 0 Å². The van der Waals surface area contributed by atoms with Crippen LogP contribution in [0.4, 0.5) is 0 Å². The van der Waals surface area contributed by atoms with Crippen LogP contribution in [0.2, 0.25) is 0 Å². The van der Waals surface area contributed by atoms with Gasteiger partial charge in [-0.05, 0) is 44.4 Å². The molecule has 0 aliphatic heterocycles. The lowest BCUT2D eigenvalue weighted by molar-refractivity contribution is 0.190. The van der Waals surface area contributed by atoms with Gasteiger partial charge in [0, 0.05) is 32.7 Å². The summed E-state index contributed by atoms with van der Waals surface area (Å²) < 4.78 is 41.7. The number of rotatable bonds is 8. The van der Waals surface area contributed by atoms with Crippen molar-refractivity contribution in [1.29, 1.82) is 0 Å². The average Bonchev–Trinajstić information content (AvgIpc) is 3.10. The fraction of sp³-hybridized carbons (Fsp3) is 0.500. The van der Waals surface area contributed by atoms with E-state index < -0.39 is 15.6 Å². The zero-order valence-corrected chi connectivity index (χ0v) is 17.3. The quantitative estimate of drug-likeness (QED) is 0.545. The Morgan fingerprint density at radius 2 is 2.03 bits per heavy atom. The van der Waals surface area contributed by atoms with E-state index in [2.05, 4.69) is 14.9 Å². The molecule has 1 fully saturated rings. The largest absolute Gasteiger partial charge is 0.408 e. The number of benzene rings is 1. The monoisotopic (exact) mass is 421 g/mol. The first-order valence-corrected chi connectivity index (χ1v) is 10.8. The fourth-order valence-electron chi connectivity index (χ4n) is 3.22. The van der Waals surface area contributed by atoms with Crippen molar-refractivity contribution in [3.8, 4) is 6.01 Å². The van der Waals surface area contributed by atoms with Crippen LogP contribution in [-0.4, -0.2) is 47.0 Å². The second-order valence-corrected chi connectivity index (χ2v) is 9.22. The summed E-state index contributed by atoms with van der Waals surface area (Å²) in [6.45, 7) is 4.39. The Hall–Kier alpha value is -2.50. The van der Waals surface area contributed by atoms with Gasteiger partial charge in [0.2, 0.25) is 15.9 Å². The van der Waals surface area contributed by atoms with Crippen LogP contribution in [0.5, 0.6) is 0 Å². The van der Waals surface area contributed by atoms with Crippen LogP contribution in [-0.2, 0) is 21.3 Å². The molecule has 29 heavy (non-hydrogen) atoms. The highest BCUT2D eigenvalue weighted by molar-refractivity contribution is 7.89. The van der Waals surface area contributed by atoms with Gasteiger partial charge in [-0.3, -0.25) is 4.57 Å². The van der Waals surface area contributed by atoms with Gasteiger partial charge >= 0.3 is 11.7 Å². The maximum Gasteiger partial charge on any atom is 0.337 e. The Morgan fingerprint density at radius 3 is 2.66 bits per heavy atom. The van der Waals surface area contributed by atoms with Crippen molar-refractivity contribution >= 4 is 21.1 Å². The maximum absolute atomic E-state index is 13.1. The Kier molecular flexibility index (Phi) is 4.83. The highest BCUT2D eigenvalue weighted by Crippen LogP contribution is 2.36. The summed E-state index contributed by atoms with van der Waals surface area (Å²) in [7, 11) is -2.13. The molecule has 0 saturated heterocycles. The summed E-state index contributed by atoms with van der Waals surface area (Å²) in [6, 6.07) is 4.61. The standard InChI is InChI=1S/C18H23N5O5S/c1-12-19-20-16(28-12)23-15-11-13(29(25,26)21-18(2)7-8-18)5-6-14(15)22(17(23)24)9-4-10-27-3/h5-6,11,21H,4,7-10H2,1-3H3. The third-order valence-corrected chi connectivity index (χ3v) is 6.66. The van der Waals surface area contributed by atoms with Gasteiger partial charge in [-0.1, -0.05) is 5.10 Å². The SMILES string of the molecule is COCCCn1c(=O)n(-c2nnc(C)o2)c2cc(S(=O)(=O)NC3(C)CC3)ccc21. The Morgan fingerprint density at radius 1 is 1.28 bits per heavy atom. The second kappa shape index (κ2) is 7.08. The normalized spacial score (nSPS) is 15.8. The van der Waals surface area contributed by atoms with Gasteiger partial charge in [0.1, 0.15) is 0 Å². The summed E-state index contributed by atoms with van der Waals surface area (Å²) in [5.74, 6) is 0.305. The molecule has 1 aliphatic carbocycles. The highest BCUT2D eigenvalue weighted by atomic mass is 32.2. The molecule has 11 heteroatoms. The van der Waals surface area contributed by atoms with Crippen LogP contribution in [0.25, 0.3) is 17.0 Å². The van der Waals surface area contributed by atoms with Crippen LogP contribution in [0.3, 0.4) is 0 Å². The number of hydrogen-bond donors (Lipinski definition) is 1. The molecule has 4 rings (SSSR count). The first-order chi connectivity index (χ1) is 13.7. The van der Waals surface area contributed by atoms with Crippen molar-refractivity contribution in [2.24, 2.45) is 0 Å². The lowest BCUT2D eigenvalue weighted by atomic mass is 10.3. The molecule has 0 spiro atoms. The summed E-state index contributed by atoms with van der Waals surface area (Å²) in [5.41, 5.74) is 0.193. The first-order valence-electron chi connectivity index (χ1n) is 9.33. The minimum atomic E-state index is -3.73. The molecular weight excluding hydrogens is 398 g/mol. The van der Waals surface area contributed by atoms with E-state index in [1.54, 1.807) is 24.7 Å². The number of ether oxygens (including phenoxy) is 1. The van der Waals surface area contributed by atoms with E-state index in [-0.39, 0.29) is 16.6 Å². The molecule has 2 aromatic heterocycles. The molecule has 1 saturated carbocycles. The Balaban J connectivity index is 1.86. The molecule has 1 aromatic carbocycles. The smallest absolute Gasteiger partial charge is 0.337 e. The number of aromatic nitrogens is 4. The molecule has 0 amide bonds. The number of aryl methyl sites for hydroxylation is 2. The van der Waals surface area contributed by atoms with Crippen molar-refractivity contribution < 1.29 is 17.6 Å². The molecule has 2 heterocycles. The van der Waals surface area contributed by atoms with Crippen molar-refractivity contribution in [1.82, 2.24) is 24.1 Å². The zero-order chi connectivity index (χ0) is 20.8. The van der Waals surface area contributed by atoms with E-state index in [0.717, 1.165) is 12.8 Å². The summed E-state index contributed by atoms with van der Waals surface area (Å²) >= 11 is 0. The first kappa shape index (κ1) is 19.8. The number of methoxy groups -OCH3 is 1. The Labute approximate surface area is 167 Å². The van der Waals surface area contributed by atoms with Crippen molar-refractivity contribution in [3.63, 3.8) is 0 Å². The van der Waals surface area contributed by atoms with Gasteiger partial charge in [0.15, 0.2) is 0 Å². The number of hydrogen-bond acceptors (Lipinski definition) is 7. The van der Waals surface area contributed by atoms with Crippen molar-refractivity contribution in [3.05, 3.63) is 34.6 Å². The van der Waals surface area contributed by atoms with E-state index in [0.29, 0.717) is 36.5 Å². The van der Waals surface area contributed by atoms with Gasteiger partial charge in [-0.25, -0.2) is 22.5 Å². The Bertz CT molecular complexity index is 1220. The van der Waals surface area contributed by atoms with Crippen LogP contribution in [0.1, 0.15) is 32.1 Å². The van der Waals surface area contributed by atoms with E-state index in [9.17, 15) is 13.2 Å². The molecule has 1 aliphatic rings. The minimum absolute atomic E-state index is 0.000321. The van der Waals surface area contributed by atoms with Crippen LogP contribution in [0.15, 0.2) is 32.3 Å². The molecule has 0 bridgehead atoms. The maximum atomic E-state index is 13.1.